The van der Waals surface area contributed by atoms with Crippen molar-refractivity contribution >= 4 is 13.7 Å². The molecule has 8 nitrogen and oxygen atoms in total. The number of phosphoric ester groups is 1. The number of hydrogen-bond acceptors (Lipinski definition) is 5. The predicted molar refractivity (Wildman–Crippen MR) is 249 cm³/mol. The summed E-state index contributed by atoms with van der Waals surface area (Å²) < 4.78 is 23.5. The van der Waals surface area contributed by atoms with Crippen LogP contribution >= 0.6 is 7.82 Å². The number of amides is 1. The Kier molecular flexibility index (Phi) is 38.9. The van der Waals surface area contributed by atoms with Crippen LogP contribution in [0.3, 0.4) is 0 Å². The van der Waals surface area contributed by atoms with Gasteiger partial charge in [0.1, 0.15) is 13.2 Å². The molecule has 0 bridgehead atoms. The molecule has 58 heavy (non-hydrogen) atoms. The van der Waals surface area contributed by atoms with Crippen LogP contribution in [-0.2, 0) is 18.4 Å². The second-order valence-corrected chi connectivity index (χ2v) is 18.2. The highest BCUT2D eigenvalue weighted by Crippen LogP contribution is 2.43. The molecule has 0 saturated carbocycles. The number of carbonyl (C=O) groups excluding carboxylic acids is 1. The summed E-state index contributed by atoms with van der Waals surface area (Å²) in [6.07, 6.45) is 54.2. The largest absolute Gasteiger partial charge is 0.472 e. The summed E-state index contributed by atoms with van der Waals surface area (Å²) >= 11 is 0. The van der Waals surface area contributed by atoms with Gasteiger partial charge in [-0.05, 0) is 77.0 Å². The highest BCUT2D eigenvalue weighted by atomic mass is 31.2. The summed E-state index contributed by atoms with van der Waals surface area (Å²) in [7, 11) is 1.51. The highest BCUT2D eigenvalue weighted by molar-refractivity contribution is 7.47. The molecule has 0 saturated heterocycles. The number of hydrogen-bond donors (Lipinski definition) is 3. The topological polar surface area (TPSA) is 105 Å². The molecule has 3 N–H and O–H groups in total. The first-order valence-electron chi connectivity index (χ1n) is 23.3. The Labute approximate surface area is 357 Å². The van der Waals surface area contributed by atoms with E-state index in [0.717, 1.165) is 70.6 Å². The lowest BCUT2D eigenvalue weighted by atomic mass is 10.0. The van der Waals surface area contributed by atoms with Crippen molar-refractivity contribution in [2.45, 2.75) is 193 Å². The second-order valence-electron chi connectivity index (χ2n) is 16.7. The lowest BCUT2D eigenvalue weighted by Gasteiger charge is -2.25. The van der Waals surface area contributed by atoms with Gasteiger partial charge in [0.05, 0.1) is 39.9 Å². The van der Waals surface area contributed by atoms with Gasteiger partial charge < -0.3 is 19.8 Å². The Morgan fingerprint density at radius 3 is 1.59 bits per heavy atom. The minimum atomic E-state index is -4.36. The summed E-state index contributed by atoms with van der Waals surface area (Å²) in [5.41, 5.74) is 0. The van der Waals surface area contributed by atoms with Crippen LogP contribution in [0.2, 0.25) is 0 Å². The maximum atomic E-state index is 12.8. The number of aliphatic hydroxyl groups is 1. The highest BCUT2D eigenvalue weighted by Gasteiger charge is 2.27. The van der Waals surface area contributed by atoms with Gasteiger partial charge in [-0.3, -0.25) is 13.8 Å². The molecule has 1 amide bonds. The van der Waals surface area contributed by atoms with E-state index in [2.05, 4.69) is 79.9 Å². The number of nitrogens with zero attached hydrogens (tertiary/aromatic N) is 1. The number of phosphoric acid groups is 1. The van der Waals surface area contributed by atoms with Crippen molar-refractivity contribution in [1.82, 2.24) is 5.32 Å². The summed E-state index contributed by atoms with van der Waals surface area (Å²) in [6.45, 7) is 4.63. The third-order valence-corrected chi connectivity index (χ3v) is 10.9. The molecule has 0 fully saturated rings. The fraction of sp³-hybridized carbons (Fsp3) is 0.735. The summed E-state index contributed by atoms with van der Waals surface area (Å²) in [6, 6.07) is -0.887. The van der Waals surface area contributed by atoms with E-state index in [1.165, 1.54) is 89.9 Å². The normalized spacial score (nSPS) is 14.9. The lowest BCUT2D eigenvalue weighted by molar-refractivity contribution is -0.870. The molecule has 3 atom stereocenters. The monoisotopic (exact) mass is 834 g/mol. The molecule has 0 aliphatic rings. The van der Waals surface area contributed by atoms with Crippen LogP contribution in [0, 0.1) is 0 Å². The van der Waals surface area contributed by atoms with Gasteiger partial charge in [-0.2, -0.15) is 0 Å². The smallest absolute Gasteiger partial charge is 0.387 e. The van der Waals surface area contributed by atoms with Crippen LogP contribution in [0.15, 0.2) is 72.9 Å². The Morgan fingerprint density at radius 1 is 0.603 bits per heavy atom. The lowest BCUT2D eigenvalue weighted by Crippen LogP contribution is -2.45. The zero-order valence-electron chi connectivity index (χ0n) is 38.0. The van der Waals surface area contributed by atoms with E-state index in [-0.39, 0.29) is 19.1 Å². The molecule has 336 valence electrons. The van der Waals surface area contributed by atoms with E-state index in [4.69, 9.17) is 9.05 Å². The van der Waals surface area contributed by atoms with Crippen LogP contribution in [0.25, 0.3) is 0 Å². The van der Waals surface area contributed by atoms with Gasteiger partial charge in [-0.15, -0.1) is 0 Å². The number of likely N-dealkylation sites (N-methyl/N-ethyl adjacent to an activating group) is 1. The average molecular weight is 834 g/mol. The molecule has 0 spiro atoms. The van der Waals surface area contributed by atoms with Gasteiger partial charge in [0, 0.05) is 6.42 Å². The van der Waals surface area contributed by atoms with Crippen molar-refractivity contribution in [3.05, 3.63) is 72.9 Å². The van der Waals surface area contributed by atoms with Crippen LogP contribution in [0.5, 0.6) is 0 Å². The Morgan fingerprint density at radius 2 is 1.05 bits per heavy atom. The SMILES string of the molecule is CC/C=C\C/C=C\C/C=C\CCCCCC(=O)NC(COP(=O)(O)OCC[N+](C)(C)C)C(O)/C=C/CC/C=C/CC/C=C/CCCCCCCCCCCCCCC. The zero-order chi connectivity index (χ0) is 42.8. The quantitative estimate of drug-likeness (QED) is 0.0245. The number of nitrogens with one attached hydrogen (secondary N) is 1. The second kappa shape index (κ2) is 40.4. The molecule has 0 aliphatic carbocycles. The molecule has 0 heterocycles. The van der Waals surface area contributed by atoms with Gasteiger partial charge in [0.15, 0.2) is 0 Å². The molecular formula is C49H90N2O6P+. The van der Waals surface area contributed by atoms with E-state index < -0.39 is 20.0 Å². The van der Waals surface area contributed by atoms with Crippen LogP contribution in [0.1, 0.15) is 181 Å². The van der Waals surface area contributed by atoms with Gasteiger partial charge in [0.25, 0.3) is 0 Å². The minimum absolute atomic E-state index is 0.0443. The van der Waals surface area contributed by atoms with E-state index in [1.54, 1.807) is 6.08 Å². The predicted octanol–water partition coefficient (Wildman–Crippen LogP) is 13.2. The minimum Gasteiger partial charge on any atom is -0.387 e. The average Bonchev–Trinajstić information content (AvgIpc) is 3.17. The fourth-order valence-electron chi connectivity index (χ4n) is 6.20. The van der Waals surface area contributed by atoms with Gasteiger partial charge in [-0.25, -0.2) is 4.57 Å². The standard InChI is InChI=1S/C49H89N2O6P/c1-6-8-10-12-14-16-18-20-21-22-23-24-25-26-27-28-29-31-32-34-36-38-40-42-48(52)47(46-57-58(54,55)56-45-44-51(3,4)5)50-49(53)43-41-39-37-35-33-30-19-17-15-13-11-9-7-2/h9,11,15,17,27-28,30,32-34,40,42,47-48,52H,6-8,10,12-14,16,18-26,29,31,35-39,41,43-46H2,1-5H3,(H-,50,53,54,55)/p+1/b11-9-,17-15-,28-27+,33-30-,34-32+,42-40+. The van der Waals surface area contributed by atoms with Crippen molar-refractivity contribution in [1.29, 1.82) is 0 Å². The Balaban J connectivity index is 4.46. The van der Waals surface area contributed by atoms with Crippen LogP contribution in [-0.4, -0.2) is 73.4 Å². The Bertz CT molecular complexity index is 1170. The van der Waals surface area contributed by atoms with Gasteiger partial charge in [0.2, 0.25) is 5.91 Å². The van der Waals surface area contributed by atoms with E-state index in [0.29, 0.717) is 17.4 Å². The summed E-state index contributed by atoms with van der Waals surface area (Å²) in [5, 5.41) is 13.8. The number of allylic oxidation sites excluding steroid dienone is 11. The molecule has 0 aliphatic heterocycles. The molecule has 0 radical (unpaired) electrons. The number of rotatable bonds is 41. The third-order valence-electron chi connectivity index (χ3n) is 9.89. The number of unbranched alkanes of at least 4 members (excludes halogenated alkanes) is 18. The molecular weight excluding hydrogens is 744 g/mol. The van der Waals surface area contributed by atoms with E-state index in [9.17, 15) is 19.4 Å². The van der Waals surface area contributed by atoms with Crippen molar-refractivity contribution in [3.63, 3.8) is 0 Å². The number of aliphatic hydroxyl groups excluding tert-OH is 1. The molecule has 3 unspecified atom stereocenters. The number of quaternary nitrogens is 1. The van der Waals surface area contributed by atoms with Crippen LogP contribution in [0.4, 0.5) is 0 Å². The molecule has 0 aromatic heterocycles. The van der Waals surface area contributed by atoms with E-state index in [1.807, 2.05) is 27.2 Å². The first-order chi connectivity index (χ1) is 28.0. The van der Waals surface area contributed by atoms with Gasteiger partial charge in [-0.1, -0.05) is 170 Å². The van der Waals surface area contributed by atoms with Gasteiger partial charge >= 0.3 is 7.82 Å². The van der Waals surface area contributed by atoms with Crippen molar-refractivity contribution < 1.29 is 32.9 Å². The Hall–Kier alpha value is -2.06. The maximum absolute atomic E-state index is 12.8. The summed E-state index contributed by atoms with van der Waals surface area (Å²) in [4.78, 5) is 23.1. The third kappa shape index (κ3) is 42.1. The summed E-state index contributed by atoms with van der Waals surface area (Å²) in [5.74, 6) is -0.223. The molecule has 0 rings (SSSR count). The first-order valence-corrected chi connectivity index (χ1v) is 24.8. The first kappa shape index (κ1) is 55.9. The molecule has 9 heteroatoms. The van der Waals surface area contributed by atoms with Crippen molar-refractivity contribution in [3.8, 4) is 0 Å². The van der Waals surface area contributed by atoms with Crippen molar-refractivity contribution in [2.75, 3.05) is 40.9 Å². The molecule has 0 aromatic rings. The maximum Gasteiger partial charge on any atom is 0.472 e. The van der Waals surface area contributed by atoms with Crippen LogP contribution < -0.4 is 5.32 Å². The fourth-order valence-corrected chi connectivity index (χ4v) is 6.94. The zero-order valence-corrected chi connectivity index (χ0v) is 38.9. The van der Waals surface area contributed by atoms with E-state index >= 15 is 0 Å². The van der Waals surface area contributed by atoms with Crippen molar-refractivity contribution in [2.24, 2.45) is 0 Å². The molecule has 0 aromatic carbocycles. The number of carbonyl (C=O) groups is 1.